The Morgan fingerprint density at radius 2 is 2.00 bits per heavy atom. The van der Waals surface area contributed by atoms with Gasteiger partial charge in [-0.1, -0.05) is 19.8 Å². The van der Waals surface area contributed by atoms with Crippen molar-refractivity contribution in [1.29, 1.82) is 0 Å². The molecule has 1 aromatic heterocycles. The van der Waals surface area contributed by atoms with E-state index in [9.17, 15) is 14.4 Å². The summed E-state index contributed by atoms with van der Waals surface area (Å²) in [6.45, 7) is 3.95. The second-order valence-electron chi connectivity index (χ2n) is 4.83. The second-order valence-corrected chi connectivity index (χ2v) is 4.83. The first-order valence-corrected chi connectivity index (χ1v) is 7.36. The molecule has 1 aromatic rings. The number of ether oxygens (including phenoxy) is 1. The number of ketones is 2. The number of hydrogen-bond donors (Lipinski definition) is 0. The van der Waals surface area contributed by atoms with Crippen molar-refractivity contribution < 1.29 is 23.5 Å². The zero-order chi connectivity index (χ0) is 15.7. The molecule has 0 aliphatic rings. The molecule has 21 heavy (non-hydrogen) atoms. The lowest BCUT2D eigenvalue weighted by molar-refractivity contribution is -0.145. The average Bonchev–Trinajstić information content (AvgIpc) is 2.98. The third-order valence-corrected chi connectivity index (χ3v) is 3.17. The highest BCUT2D eigenvalue weighted by atomic mass is 16.5. The number of esters is 1. The fourth-order valence-corrected chi connectivity index (χ4v) is 2.05. The van der Waals surface area contributed by atoms with Crippen LogP contribution in [-0.2, 0) is 14.3 Å². The van der Waals surface area contributed by atoms with E-state index in [0.717, 1.165) is 19.3 Å². The monoisotopic (exact) mass is 294 g/mol. The summed E-state index contributed by atoms with van der Waals surface area (Å²) in [6, 6.07) is 3.08. The van der Waals surface area contributed by atoms with Gasteiger partial charge in [-0.3, -0.25) is 14.4 Å². The van der Waals surface area contributed by atoms with E-state index in [4.69, 9.17) is 9.15 Å². The van der Waals surface area contributed by atoms with Crippen LogP contribution >= 0.6 is 0 Å². The summed E-state index contributed by atoms with van der Waals surface area (Å²) < 4.78 is 9.88. The van der Waals surface area contributed by atoms with Crippen LogP contribution in [0.3, 0.4) is 0 Å². The molecule has 0 aliphatic heterocycles. The molecule has 0 radical (unpaired) electrons. The fourth-order valence-electron chi connectivity index (χ4n) is 2.05. The van der Waals surface area contributed by atoms with Gasteiger partial charge in [-0.05, 0) is 25.5 Å². The van der Waals surface area contributed by atoms with Crippen molar-refractivity contribution >= 4 is 17.5 Å². The Kier molecular flexibility index (Phi) is 7.43. The number of unbranched alkanes of at least 4 members (excludes halogenated alkanes) is 2. The maximum Gasteiger partial charge on any atom is 0.306 e. The Bertz CT molecular complexity index is 461. The molecular weight excluding hydrogens is 272 g/mol. The molecule has 0 aromatic carbocycles. The van der Waals surface area contributed by atoms with Gasteiger partial charge in [-0.25, -0.2) is 0 Å². The van der Waals surface area contributed by atoms with Crippen LogP contribution in [0.2, 0.25) is 0 Å². The van der Waals surface area contributed by atoms with Gasteiger partial charge < -0.3 is 9.15 Å². The highest BCUT2D eigenvalue weighted by Crippen LogP contribution is 2.18. The molecular formula is C16H22O5. The van der Waals surface area contributed by atoms with Crippen LogP contribution in [0, 0.1) is 5.92 Å². The molecule has 1 atom stereocenters. The Morgan fingerprint density at radius 3 is 2.57 bits per heavy atom. The molecule has 0 amide bonds. The van der Waals surface area contributed by atoms with Gasteiger partial charge in [0.1, 0.15) is 5.78 Å². The standard InChI is InChI=1S/C16H22O5/c1-3-5-6-8-13(17)12(11-15(18)20-4-2)16(19)14-9-7-10-21-14/h7,9-10,12H,3-6,8,11H2,1-2H3. The zero-order valence-corrected chi connectivity index (χ0v) is 12.6. The predicted molar refractivity (Wildman–Crippen MR) is 76.9 cm³/mol. The SMILES string of the molecule is CCCCCC(=O)C(CC(=O)OCC)C(=O)c1ccco1. The lowest BCUT2D eigenvalue weighted by atomic mass is 9.90. The maximum absolute atomic E-state index is 12.3. The molecule has 5 nitrogen and oxygen atoms in total. The molecule has 0 saturated heterocycles. The van der Waals surface area contributed by atoms with Crippen molar-refractivity contribution in [2.75, 3.05) is 6.61 Å². The minimum Gasteiger partial charge on any atom is -0.466 e. The molecule has 1 heterocycles. The Morgan fingerprint density at radius 1 is 1.24 bits per heavy atom. The molecule has 0 fully saturated rings. The van der Waals surface area contributed by atoms with Crippen molar-refractivity contribution in [1.82, 2.24) is 0 Å². The second kappa shape index (κ2) is 9.10. The Balaban J connectivity index is 2.76. The topological polar surface area (TPSA) is 73.6 Å². The molecule has 5 heteroatoms. The summed E-state index contributed by atoms with van der Waals surface area (Å²) >= 11 is 0. The minimum absolute atomic E-state index is 0.105. The van der Waals surface area contributed by atoms with Crippen molar-refractivity contribution in [2.45, 2.75) is 46.0 Å². The smallest absolute Gasteiger partial charge is 0.306 e. The highest BCUT2D eigenvalue weighted by molar-refractivity contribution is 6.10. The fraction of sp³-hybridized carbons (Fsp3) is 0.562. The van der Waals surface area contributed by atoms with E-state index >= 15 is 0 Å². The van der Waals surface area contributed by atoms with Gasteiger partial charge in [-0.15, -0.1) is 0 Å². The summed E-state index contributed by atoms with van der Waals surface area (Å²) in [7, 11) is 0. The first-order chi connectivity index (χ1) is 10.1. The van der Waals surface area contributed by atoms with Gasteiger partial charge in [-0.2, -0.15) is 0 Å². The van der Waals surface area contributed by atoms with Crippen LogP contribution in [0.15, 0.2) is 22.8 Å². The van der Waals surface area contributed by atoms with Gasteiger partial charge in [0.25, 0.3) is 0 Å². The van der Waals surface area contributed by atoms with Crippen molar-refractivity contribution in [3.63, 3.8) is 0 Å². The summed E-state index contributed by atoms with van der Waals surface area (Å²) in [5.74, 6) is -2.11. The number of Topliss-reactive ketones (excluding diaryl/α,β-unsaturated/α-hetero) is 2. The maximum atomic E-state index is 12.3. The third-order valence-electron chi connectivity index (χ3n) is 3.17. The first-order valence-electron chi connectivity index (χ1n) is 7.36. The number of carbonyl (C=O) groups excluding carboxylic acids is 3. The molecule has 0 N–H and O–H groups in total. The number of rotatable bonds is 10. The van der Waals surface area contributed by atoms with E-state index in [2.05, 4.69) is 0 Å². The summed E-state index contributed by atoms with van der Waals surface area (Å²) in [4.78, 5) is 36.1. The van der Waals surface area contributed by atoms with E-state index in [0.29, 0.717) is 6.42 Å². The summed E-state index contributed by atoms with van der Waals surface area (Å²) in [5.41, 5.74) is 0. The molecule has 116 valence electrons. The van der Waals surface area contributed by atoms with E-state index in [-0.39, 0.29) is 24.6 Å². The third kappa shape index (κ3) is 5.53. The largest absolute Gasteiger partial charge is 0.466 e. The van der Waals surface area contributed by atoms with E-state index < -0.39 is 17.7 Å². The molecule has 0 spiro atoms. The van der Waals surface area contributed by atoms with E-state index in [1.165, 1.54) is 12.3 Å². The van der Waals surface area contributed by atoms with Crippen molar-refractivity contribution in [3.05, 3.63) is 24.2 Å². The van der Waals surface area contributed by atoms with Crippen LogP contribution in [-0.4, -0.2) is 24.1 Å². The minimum atomic E-state index is -1.01. The molecule has 1 rings (SSSR count). The quantitative estimate of drug-likeness (QED) is 0.287. The van der Waals surface area contributed by atoms with Gasteiger partial charge in [0, 0.05) is 6.42 Å². The van der Waals surface area contributed by atoms with Crippen molar-refractivity contribution in [2.24, 2.45) is 5.92 Å². The summed E-state index contributed by atoms with van der Waals surface area (Å²) in [6.07, 6.45) is 4.08. The van der Waals surface area contributed by atoms with Gasteiger partial charge >= 0.3 is 5.97 Å². The molecule has 0 saturated carbocycles. The predicted octanol–water partition coefficient (Wildman–Crippen LogP) is 3.18. The first kappa shape index (κ1) is 17.1. The molecule has 0 bridgehead atoms. The lowest BCUT2D eigenvalue weighted by Gasteiger charge is -2.12. The normalized spacial score (nSPS) is 11.9. The van der Waals surface area contributed by atoms with Crippen molar-refractivity contribution in [3.8, 4) is 0 Å². The van der Waals surface area contributed by atoms with Crippen LogP contribution in [0.5, 0.6) is 0 Å². The number of furan rings is 1. The van der Waals surface area contributed by atoms with Gasteiger partial charge in [0.15, 0.2) is 5.76 Å². The number of hydrogen-bond acceptors (Lipinski definition) is 5. The zero-order valence-electron chi connectivity index (χ0n) is 12.6. The Labute approximate surface area is 124 Å². The number of carbonyl (C=O) groups is 3. The highest BCUT2D eigenvalue weighted by Gasteiger charge is 2.31. The summed E-state index contributed by atoms with van der Waals surface area (Å²) in [5, 5.41) is 0. The van der Waals surface area contributed by atoms with E-state index in [1.807, 2.05) is 6.92 Å². The van der Waals surface area contributed by atoms with E-state index in [1.54, 1.807) is 13.0 Å². The molecule has 1 unspecified atom stereocenters. The van der Waals surface area contributed by atoms with Crippen LogP contribution < -0.4 is 0 Å². The van der Waals surface area contributed by atoms with Crippen LogP contribution in [0.4, 0.5) is 0 Å². The Hall–Kier alpha value is -1.91. The van der Waals surface area contributed by atoms with Crippen LogP contribution in [0.25, 0.3) is 0 Å². The van der Waals surface area contributed by atoms with Gasteiger partial charge in [0.05, 0.1) is 25.2 Å². The molecule has 0 aliphatic carbocycles. The van der Waals surface area contributed by atoms with Gasteiger partial charge in [0.2, 0.25) is 5.78 Å². The average molecular weight is 294 g/mol. The van der Waals surface area contributed by atoms with Crippen LogP contribution in [0.1, 0.15) is 56.5 Å². The lowest BCUT2D eigenvalue weighted by Crippen LogP contribution is -2.27.